The van der Waals surface area contributed by atoms with Crippen molar-refractivity contribution in [1.29, 1.82) is 0 Å². The van der Waals surface area contributed by atoms with Crippen molar-refractivity contribution in [2.24, 2.45) is 57.7 Å². The van der Waals surface area contributed by atoms with Crippen LogP contribution < -0.4 is 0 Å². The Labute approximate surface area is 173 Å². The third-order valence-electron chi connectivity index (χ3n) is 11.5. The Kier molecular flexibility index (Phi) is 4.44. The number of hydrogen-bond donors (Lipinski definition) is 0. The van der Waals surface area contributed by atoms with Gasteiger partial charge in [-0.05, 0) is 97.2 Å². The average molecular weight is 385 g/mol. The normalized spacial score (nSPS) is 52.8. The van der Waals surface area contributed by atoms with Crippen LogP contribution in [0.4, 0.5) is 0 Å². The first kappa shape index (κ1) is 19.6. The van der Waals surface area contributed by atoms with Gasteiger partial charge in [-0.15, -0.1) is 0 Å². The maximum absolute atomic E-state index is 13.4. The second-order valence-corrected chi connectivity index (χ2v) is 12.9. The molecule has 1 heteroatoms. The summed E-state index contributed by atoms with van der Waals surface area (Å²) in [5, 5.41) is 0. The largest absolute Gasteiger partial charge is 0.299 e. The molecule has 0 heterocycles. The molecule has 1 nitrogen and oxygen atoms in total. The van der Waals surface area contributed by atoms with Gasteiger partial charge in [-0.2, -0.15) is 0 Å². The molecule has 5 rings (SSSR count). The number of ketones is 1. The smallest absolute Gasteiger partial charge is 0.140 e. The molecular formula is C27H44O. The highest BCUT2D eigenvalue weighted by molar-refractivity contribution is 5.91. The van der Waals surface area contributed by atoms with E-state index < -0.39 is 0 Å². The monoisotopic (exact) mass is 384 g/mol. The molecule has 0 amide bonds. The molecule has 1 spiro atoms. The minimum atomic E-state index is 0.157. The van der Waals surface area contributed by atoms with E-state index in [1.807, 2.05) is 0 Å². The van der Waals surface area contributed by atoms with Crippen molar-refractivity contribution in [2.45, 2.75) is 105 Å². The van der Waals surface area contributed by atoms with Gasteiger partial charge in [-0.1, -0.05) is 53.9 Å². The lowest BCUT2D eigenvalue weighted by Gasteiger charge is -2.58. The van der Waals surface area contributed by atoms with E-state index in [-0.39, 0.29) is 5.41 Å². The van der Waals surface area contributed by atoms with Crippen LogP contribution in [-0.4, -0.2) is 5.78 Å². The van der Waals surface area contributed by atoms with Crippen LogP contribution in [0.2, 0.25) is 0 Å². The van der Waals surface area contributed by atoms with Crippen molar-refractivity contribution >= 4 is 5.78 Å². The van der Waals surface area contributed by atoms with Gasteiger partial charge in [0, 0.05) is 11.8 Å². The molecule has 9 atom stereocenters. The number of carbonyl (C=O) groups is 1. The lowest BCUT2D eigenvalue weighted by atomic mass is 9.45. The predicted molar refractivity (Wildman–Crippen MR) is 116 cm³/mol. The number of carbonyl (C=O) groups excluding carboxylic acids is 1. The fraction of sp³-hybridized carbons (Fsp3) is 0.963. The molecule has 5 aliphatic carbocycles. The van der Waals surface area contributed by atoms with E-state index in [9.17, 15) is 4.79 Å². The molecule has 1 unspecified atom stereocenters. The summed E-state index contributed by atoms with van der Waals surface area (Å²) < 4.78 is 0. The maximum Gasteiger partial charge on any atom is 0.140 e. The van der Waals surface area contributed by atoms with Gasteiger partial charge >= 0.3 is 0 Å². The van der Waals surface area contributed by atoms with Crippen molar-refractivity contribution in [3.63, 3.8) is 0 Å². The molecule has 0 radical (unpaired) electrons. The van der Waals surface area contributed by atoms with Crippen LogP contribution in [0.1, 0.15) is 105 Å². The Bertz CT molecular complexity index is 651. The Morgan fingerprint density at radius 2 is 1.75 bits per heavy atom. The van der Waals surface area contributed by atoms with E-state index in [0.29, 0.717) is 22.5 Å². The number of Topliss-reactive ketones (excluding diaryl/α,β-unsaturated/α-hetero) is 1. The van der Waals surface area contributed by atoms with Gasteiger partial charge in [0.2, 0.25) is 0 Å². The first-order valence-electron chi connectivity index (χ1n) is 12.8. The van der Waals surface area contributed by atoms with E-state index >= 15 is 0 Å². The zero-order chi connectivity index (χ0) is 19.9. The fourth-order valence-corrected chi connectivity index (χ4v) is 10.0. The van der Waals surface area contributed by atoms with E-state index in [4.69, 9.17) is 0 Å². The summed E-state index contributed by atoms with van der Waals surface area (Å²) in [7, 11) is 0. The molecule has 0 aromatic heterocycles. The van der Waals surface area contributed by atoms with Gasteiger partial charge in [0.1, 0.15) is 5.78 Å². The zero-order valence-electron chi connectivity index (χ0n) is 19.2. The SMILES string of the molecule is CC(C)CCC[C@@H](C)[C@H]1CC[C@H]2[C@@H]3CC(=O)C45C[C@@H]4CC[C@]5(C)[C@H]3CC[C@]12C. The van der Waals surface area contributed by atoms with Crippen molar-refractivity contribution in [2.75, 3.05) is 0 Å². The molecule has 5 fully saturated rings. The van der Waals surface area contributed by atoms with Gasteiger partial charge in [-0.25, -0.2) is 0 Å². The molecule has 0 aromatic rings. The van der Waals surface area contributed by atoms with E-state index in [2.05, 4.69) is 34.6 Å². The standard InChI is InChI=1S/C27H44O/c1-17(2)7-6-8-18(3)21-9-10-22-20-15-24(28)27-16-19(27)11-14-26(27,5)23(20)12-13-25(21,22)4/h17-23H,6-16H2,1-5H3/t18-,19+,20+,21-,22+,23+,25-,26-,27?/m1/s1. The number of hydrogen-bond acceptors (Lipinski definition) is 1. The summed E-state index contributed by atoms with van der Waals surface area (Å²) in [4.78, 5) is 13.4. The highest BCUT2D eigenvalue weighted by atomic mass is 16.1. The fourth-order valence-electron chi connectivity index (χ4n) is 10.0. The van der Waals surface area contributed by atoms with Crippen LogP contribution in [-0.2, 0) is 4.79 Å². The summed E-state index contributed by atoms with van der Waals surface area (Å²) >= 11 is 0. The molecule has 158 valence electrons. The molecule has 0 aliphatic heterocycles. The van der Waals surface area contributed by atoms with Crippen LogP contribution >= 0.6 is 0 Å². The van der Waals surface area contributed by atoms with Gasteiger partial charge < -0.3 is 0 Å². The van der Waals surface area contributed by atoms with Gasteiger partial charge in [0.05, 0.1) is 0 Å². The lowest BCUT2D eigenvalue weighted by Crippen LogP contribution is -2.55. The molecule has 0 saturated heterocycles. The Morgan fingerprint density at radius 1 is 0.964 bits per heavy atom. The molecule has 0 aromatic carbocycles. The molecular weight excluding hydrogens is 340 g/mol. The van der Waals surface area contributed by atoms with Crippen molar-refractivity contribution in [1.82, 2.24) is 0 Å². The molecule has 0 N–H and O–H groups in total. The highest BCUT2D eigenvalue weighted by Gasteiger charge is 2.77. The minimum absolute atomic E-state index is 0.157. The minimum Gasteiger partial charge on any atom is -0.299 e. The first-order chi connectivity index (χ1) is 13.2. The number of fused-ring (bicyclic) bond motifs is 4. The summed E-state index contributed by atoms with van der Waals surface area (Å²) in [6.45, 7) is 12.5. The van der Waals surface area contributed by atoms with Crippen LogP contribution in [0.3, 0.4) is 0 Å². The lowest BCUT2D eigenvalue weighted by molar-refractivity contribution is -0.151. The quantitative estimate of drug-likeness (QED) is 0.486. The van der Waals surface area contributed by atoms with Crippen LogP contribution in [0.15, 0.2) is 0 Å². The predicted octanol–water partition coefficient (Wildman–Crippen LogP) is 7.29. The van der Waals surface area contributed by atoms with E-state index in [0.717, 1.165) is 41.9 Å². The van der Waals surface area contributed by atoms with Gasteiger partial charge in [0.15, 0.2) is 0 Å². The second kappa shape index (κ2) is 6.34. The second-order valence-electron chi connectivity index (χ2n) is 12.9. The summed E-state index contributed by atoms with van der Waals surface area (Å²) in [6.07, 6.45) is 14.8. The first-order valence-corrected chi connectivity index (χ1v) is 12.8. The summed E-state index contributed by atoms with van der Waals surface area (Å²) in [6, 6.07) is 0. The third-order valence-corrected chi connectivity index (χ3v) is 11.5. The van der Waals surface area contributed by atoms with Crippen LogP contribution in [0.5, 0.6) is 0 Å². The molecule has 5 saturated carbocycles. The van der Waals surface area contributed by atoms with Crippen LogP contribution in [0.25, 0.3) is 0 Å². The Hall–Kier alpha value is -0.330. The topological polar surface area (TPSA) is 17.1 Å². The Morgan fingerprint density at radius 3 is 2.46 bits per heavy atom. The van der Waals surface area contributed by atoms with Crippen molar-refractivity contribution in [3.05, 3.63) is 0 Å². The van der Waals surface area contributed by atoms with Gasteiger partial charge in [0.25, 0.3) is 0 Å². The highest BCUT2D eigenvalue weighted by Crippen LogP contribution is 2.80. The molecule has 0 bridgehead atoms. The third kappa shape index (κ3) is 2.40. The van der Waals surface area contributed by atoms with E-state index in [1.165, 1.54) is 64.2 Å². The van der Waals surface area contributed by atoms with Crippen molar-refractivity contribution < 1.29 is 4.79 Å². The average Bonchev–Trinajstić information content (AvgIpc) is 3.15. The molecule has 5 aliphatic rings. The zero-order valence-corrected chi connectivity index (χ0v) is 19.2. The maximum atomic E-state index is 13.4. The van der Waals surface area contributed by atoms with Crippen LogP contribution in [0, 0.1) is 57.7 Å². The van der Waals surface area contributed by atoms with E-state index in [1.54, 1.807) is 0 Å². The molecule has 28 heavy (non-hydrogen) atoms. The number of rotatable bonds is 5. The Balaban J connectivity index is 1.35. The van der Waals surface area contributed by atoms with Crippen molar-refractivity contribution in [3.8, 4) is 0 Å². The summed E-state index contributed by atoms with van der Waals surface area (Å²) in [5.41, 5.74) is 1.03. The van der Waals surface area contributed by atoms with Gasteiger partial charge in [-0.3, -0.25) is 4.79 Å². The summed E-state index contributed by atoms with van der Waals surface area (Å²) in [5.74, 6) is 6.49.